The van der Waals surface area contributed by atoms with Gasteiger partial charge in [-0.1, -0.05) is 0 Å². The Morgan fingerprint density at radius 2 is 1.67 bits per heavy atom. The van der Waals surface area contributed by atoms with Crippen molar-refractivity contribution in [2.45, 2.75) is 12.8 Å². The van der Waals surface area contributed by atoms with Crippen LogP contribution in [-0.4, -0.2) is 93.4 Å². The smallest absolute Gasteiger partial charge is 0.138 e. The summed E-state index contributed by atoms with van der Waals surface area (Å²) in [5.74, 6) is 0.811. The highest BCUT2D eigenvalue weighted by atomic mass is 19.1. The molecule has 11 heteroatoms. The number of hydrogen-bond donors (Lipinski definition) is 2. The molecule has 0 radical (unpaired) electrons. The Bertz CT molecular complexity index is 1950. The third-order valence-electron chi connectivity index (χ3n) is 8.09. The van der Waals surface area contributed by atoms with E-state index >= 15 is 0 Å². The van der Waals surface area contributed by atoms with E-state index in [4.69, 9.17) is 9.47 Å². The maximum absolute atomic E-state index is 14.7. The number of likely N-dealkylation sites (tertiary alicyclic amines) is 1. The molecular formula is C34H35FN8O2. The Hall–Kier alpha value is -4.87. The summed E-state index contributed by atoms with van der Waals surface area (Å²) in [5, 5.41) is 9.48. The minimum absolute atomic E-state index is 0.379. The molecule has 5 aromatic heterocycles. The summed E-state index contributed by atoms with van der Waals surface area (Å²) in [6, 6.07) is 12.6. The summed E-state index contributed by atoms with van der Waals surface area (Å²) < 4.78 is 26.5. The second kappa shape index (κ2) is 12.6. The van der Waals surface area contributed by atoms with Crippen LogP contribution in [0.1, 0.15) is 12.8 Å². The number of likely N-dealkylation sites (N-methyl/N-ethyl adjacent to an activating group) is 1. The van der Waals surface area contributed by atoms with Gasteiger partial charge in [0.2, 0.25) is 0 Å². The van der Waals surface area contributed by atoms with Crippen molar-refractivity contribution in [2.24, 2.45) is 0 Å². The number of aromatic amines is 2. The zero-order valence-electron chi connectivity index (χ0n) is 25.4. The number of H-pyrrole nitrogens is 2. The van der Waals surface area contributed by atoms with Crippen molar-refractivity contribution in [1.29, 1.82) is 0 Å². The molecule has 1 fully saturated rings. The second-order valence-electron chi connectivity index (χ2n) is 11.6. The van der Waals surface area contributed by atoms with Crippen molar-refractivity contribution in [3.05, 3.63) is 73.1 Å². The fraction of sp³-hybridized carbons (Fsp3) is 0.294. The van der Waals surface area contributed by atoms with E-state index in [0.717, 1.165) is 76.4 Å². The molecule has 1 aliphatic heterocycles. The average molecular weight is 607 g/mol. The highest BCUT2D eigenvalue weighted by Gasteiger charge is 2.17. The first-order valence-electron chi connectivity index (χ1n) is 15.2. The number of pyridine rings is 3. The zero-order chi connectivity index (χ0) is 30.8. The summed E-state index contributed by atoms with van der Waals surface area (Å²) in [6.45, 7) is 5.01. The third kappa shape index (κ3) is 6.36. The van der Waals surface area contributed by atoms with Crippen molar-refractivity contribution in [3.8, 4) is 45.4 Å². The van der Waals surface area contributed by atoms with Crippen molar-refractivity contribution < 1.29 is 13.9 Å². The zero-order valence-corrected chi connectivity index (χ0v) is 25.4. The fourth-order valence-corrected chi connectivity index (χ4v) is 5.76. The predicted molar refractivity (Wildman–Crippen MR) is 173 cm³/mol. The standard InChI is InChI=1S/C34H35FN8O2/c1-42(2)9-11-44-25-14-22(13-24(35)16-25)33-27-18-31(39-29(27)5-6-37-33)34-28-17-30(38-21-32(28)40-41-34)23-15-26(20-36-19-23)45-12-10-43-7-3-4-8-43/h5-6,13-21,39H,3-4,7-12H2,1-2H3,(H,40,41). The van der Waals surface area contributed by atoms with Gasteiger partial charge in [0.25, 0.3) is 0 Å². The lowest BCUT2D eigenvalue weighted by Gasteiger charge is -2.15. The number of nitrogens with one attached hydrogen (secondary N) is 2. The number of aromatic nitrogens is 6. The van der Waals surface area contributed by atoms with E-state index in [0.29, 0.717) is 30.2 Å². The normalized spacial score (nSPS) is 13.8. The van der Waals surface area contributed by atoms with Crippen LogP contribution in [0.15, 0.2) is 67.3 Å². The lowest BCUT2D eigenvalue weighted by atomic mass is 10.1. The lowest BCUT2D eigenvalue weighted by molar-refractivity contribution is 0.237. The summed E-state index contributed by atoms with van der Waals surface area (Å²) in [7, 11) is 3.94. The first-order valence-corrected chi connectivity index (χ1v) is 15.2. The number of ether oxygens (including phenoxy) is 2. The minimum Gasteiger partial charge on any atom is -0.492 e. The Balaban J connectivity index is 1.17. The Labute approximate surface area is 260 Å². The first-order chi connectivity index (χ1) is 22.0. The molecule has 0 amide bonds. The molecule has 0 atom stereocenters. The molecule has 2 N–H and O–H groups in total. The van der Waals surface area contributed by atoms with E-state index in [9.17, 15) is 4.39 Å². The summed E-state index contributed by atoms with van der Waals surface area (Å²) in [5.41, 5.74) is 6.14. The fourth-order valence-electron chi connectivity index (χ4n) is 5.76. The molecule has 6 heterocycles. The molecule has 7 rings (SSSR count). The van der Waals surface area contributed by atoms with Crippen LogP contribution in [0.5, 0.6) is 11.5 Å². The summed E-state index contributed by atoms with van der Waals surface area (Å²) >= 11 is 0. The number of benzene rings is 1. The van der Waals surface area contributed by atoms with Gasteiger partial charge in [0, 0.05) is 59.0 Å². The Morgan fingerprint density at radius 1 is 0.844 bits per heavy atom. The highest BCUT2D eigenvalue weighted by Crippen LogP contribution is 2.35. The van der Waals surface area contributed by atoms with E-state index in [1.807, 2.05) is 49.3 Å². The van der Waals surface area contributed by atoms with Crippen LogP contribution in [0.4, 0.5) is 4.39 Å². The Kier molecular flexibility index (Phi) is 8.10. The molecule has 0 saturated carbocycles. The van der Waals surface area contributed by atoms with E-state index in [1.165, 1.54) is 25.0 Å². The van der Waals surface area contributed by atoms with Gasteiger partial charge in [0.05, 0.1) is 35.0 Å². The van der Waals surface area contributed by atoms with Gasteiger partial charge in [0.15, 0.2) is 0 Å². The van der Waals surface area contributed by atoms with Gasteiger partial charge in [-0.3, -0.25) is 25.0 Å². The van der Waals surface area contributed by atoms with E-state index in [-0.39, 0.29) is 5.82 Å². The van der Waals surface area contributed by atoms with Gasteiger partial charge in [0.1, 0.15) is 36.2 Å². The number of fused-ring (bicyclic) bond motifs is 2. The number of rotatable bonds is 11. The maximum Gasteiger partial charge on any atom is 0.138 e. The molecule has 0 aliphatic carbocycles. The van der Waals surface area contributed by atoms with E-state index in [2.05, 4.69) is 35.0 Å². The molecule has 0 unspecified atom stereocenters. The van der Waals surface area contributed by atoms with Gasteiger partial charge in [-0.2, -0.15) is 5.10 Å². The average Bonchev–Trinajstić information content (AvgIpc) is 3.80. The highest BCUT2D eigenvalue weighted by molar-refractivity contribution is 6.00. The van der Waals surface area contributed by atoms with Crippen LogP contribution in [0.2, 0.25) is 0 Å². The second-order valence-corrected chi connectivity index (χ2v) is 11.6. The van der Waals surface area contributed by atoms with Crippen molar-refractivity contribution in [2.75, 3.05) is 53.5 Å². The van der Waals surface area contributed by atoms with Crippen LogP contribution >= 0.6 is 0 Å². The van der Waals surface area contributed by atoms with E-state index < -0.39 is 0 Å². The van der Waals surface area contributed by atoms with Crippen LogP contribution in [-0.2, 0) is 0 Å². The summed E-state index contributed by atoms with van der Waals surface area (Å²) in [6.07, 6.45) is 9.55. The molecule has 6 aromatic rings. The Morgan fingerprint density at radius 3 is 2.53 bits per heavy atom. The molecule has 1 aromatic carbocycles. The molecule has 1 aliphatic rings. The van der Waals surface area contributed by atoms with Crippen molar-refractivity contribution >= 4 is 21.8 Å². The third-order valence-corrected chi connectivity index (χ3v) is 8.09. The molecule has 230 valence electrons. The van der Waals surface area contributed by atoms with Gasteiger partial charge < -0.3 is 19.4 Å². The van der Waals surface area contributed by atoms with Gasteiger partial charge in [-0.25, -0.2) is 4.39 Å². The van der Waals surface area contributed by atoms with Gasteiger partial charge >= 0.3 is 0 Å². The van der Waals surface area contributed by atoms with Gasteiger partial charge in [-0.15, -0.1) is 0 Å². The predicted octanol–water partition coefficient (Wildman–Crippen LogP) is 5.78. The van der Waals surface area contributed by atoms with E-state index in [1.54, 1.807) is 24.8 Å². The topological polar surface area (TPSA) is 108 Å². The van der Waals surface area contributed by atoms with Crippen LogP contribution in [0.25, 0.3) is 55.7 Å². The molecule has 0 bridgehead atoms. The van der Waals surface area contributed by atoms with Crippen LogP contribution in [0, 0.1) is 5.82 Å². The number of hydrogen-bond acceptors (Lipinski definition) is 8. The molecule has 0 spiro atoms. The van der Waals surface area contributed by atoms with Gasteiger partial charge in [-0.05, 0) is 76.4 Å². The molecule has 1 saturated heterocycles. The maximum atomic E-state index is 14.7. The number of nitrogens with zero attached hydrogens (tertiary/aromatic N) is 6. The monoisotopic (exact) mass is 606 g/mol. The molecular weight excluding hydrogens is 571 g/mol. The van der Waals surface area contributed by atoms with Crippen molar-refractivity contribution in [1.82, 2.24) is 39.9 Å². The van der Waals surface area contributed by atoms with Crippen molar-refractivity contribution in [3.63, 3.8) is 0 Å². The summed E-state index contributed by atoms with van der Waals surface area (Å²) in [4.78, 5) is 21.6. The molecule has 10 nitrogen and oxygen atoms in total. The largest absolute Gasteiger partial charge is 0.492 e. The molecule has 45 heavy (non-hydrogen) atoms. The van der Waals surface area contributed by atoms with Crippen LogP contribution in [0.3, 0.4) is 0 Å². The SMILES string of the molecule is CN(C)CCOc1cc(F)cc(-c2nccc3[nH]c(-c4n[nH]c5cnc(-c6cncc(OCCN7CCCC7)c6)cc45)cc23)c1. The van der Waals surface area contributed by atoms with Crippen LogP contribution < -0.4 is 9.47 Å². The minimum atomic E-state index is -0.379. The quantitative estimate of drug-likeness (QED) is 0.191. The lowest BCUT2D eigenvalue weighted by Crippen LogP contribution is -2.25. The first kappa shape index (κ1) is 28.9. The number of halogens is 1.